The first kappa shape index (κ1) is 21.4. The van der Waals surface area contributed by atoms with Crippen LogP contribution in [-0.2, 0) is 4.74 Å². The molecule has 0 radical (unpaired) electrons. The molecule has 1 heterocycles. The van der Waals surface area contributed by atoms with Crippen LogP contribution in [0.5, 0.6) is 17.2 Å². The number of benzene rings is 2. The van der Waals surface area contributed by atoms with Crippen LogP contribution in [0.1, 0.15) is 18.9 Å². The van der Waals surface area contributed by atoms with E-state index in [0.29, 0.717) is 11.5 Å². The Morgan fingerprint density at radius 2 is 1.83 bits per heavy atom. The molecule has 1 aliphatic rings. The first-order valence-electron chi connectivity index (χ1n) is 9.46. The third-order valence-corrected chi connectivity index (χ3v) is 5.28. The Morgan fingerprint density at radius 1 is 1.10 bits per heavy atom. The van der Waals surface area contributed by atoms with Gasteiger partial charge in [0.05, 0.1) is 33.0 Å². The maximum absolute atomic E-state index is 10.6. The lowest BCUT2D eigenvalue weighted by Crippen LogP contribution is -2.60. The Hall–Kier alpha value is -2.32. The molecule has 2 aromatic rings. The summed E-state index contributed by atoms with van der Waals surface area (Å²) in [5, 5.41) is 30.2. The molecule has 0 aromatic heterocycles. The lowest BCUT2D eigenvalue weighted by molar-refractivity contribution is -0.283. The van der Waals surface area contributed by atoms with Crippen molar-refractivity contribution in [3.63, 3.8) is 0 Å². The van der Waals surface area contributed by atoms with Gasteiger partial charge in [-0.2, -0.15) is 0 Å². The van der Waals surface area contributed by atoms with E-state index < -0.39 is 24.1 Å². The summed E-state index contributed by atoms with van der Waals surface area (Å²) >= 11 is 0. The van der Waals surface area contributed by atoms with Crippen molar-refractivity contribution in [1.82, 2.24) is 0 Å². The van der Waals surface area contributed by atoms with E-state index >= 15 is 0 Å². The molecule has 1 saturated heterocycles. The van der Waals surface area contributed by atoms with Crippen LogP contribution in [0, 0.1) is 6.92 Å². The average molecular weight is 404 g/mol. The largest absolute Gasteiger partial charge is 0.497 e. The minimum Gasteiger partial charge on any atom is -0.497 e. The number of aliphatic hydroxyl groups excluding tert-OH is 2. The fourth-order valence-corrected chi connectivity index (χ4v) is 3.38. The predicted molar refractivity (Wildman–Crippen MR) is 107 cm³/mol. The number of hydrogen-bond acceptors (Lipinski definition) is 7. The van der Waals surface area contributed by atoms with E-state index in [2.05, 4.69) is 0 Å². The highest BCUT2D eigenvalue weighted by Gasteiger charge is 2.48. The molecule has 7 heteroatoms. The van der Waals surface area contributed by atoms with Gasteiger partial charge in [-0.15, -0.1) is 0 Å². The van der Waals surface area contributed by atoms with Gasteiger partial charge in [-0.25, -0.2) is 0 Å². The van der Waals surface area contributed by atoms with Crippen LogP contribution >= 0.6 is 0 Å². The maximum Gasteiger partial charge on any atom is 0.231 e. The second kappa shape index (κ2) is 8.59. The second-order valence-corrected chi connectivity index (χ2v) is 7.41. The van der Waals surface area contributed by atoms with Crippen molar-refractivity contribution >= 4 is 0 Å². The third-order valence-electron chi connectivity index (χ3n) is 5.28. The molecule has 3 N–H and O–H groups in total. The summed E-state index contributed by atoms with van der Waals surface area (Å²) in [4.78, 5) is 0. The van der Waals surface area contributed by atoms with Gasteiger partial charge in [-0.3, -0.25) is 0 Å². The van der Waals surface area contributed by atoms with E-state index in [1.807, 2.05) is 37.3 Å². The lowest BCUT2D eigenvalue weighted by Gasteiger charge is -2.43. The molecular weight excluding hydrogens is 376 g/mol. The number of methoxy groups -OCH3 is 2. The summed E-state index contributed by atoms with van der Waals surface area (Å²) in [6.45, 7) is 3.07. The molecule has 2 aromatic carbocycles. The minimum absolute atomic E-state index is 0.136. The van der Waals surface area contributed by atoms with Crippen LogP contribution < -0.4 is 14.2 Å². The standard InChI is InChI=1S/C22H28O7/c1-13-9-14(17-10-15(26-3)6-8-19(17)27-4)5-7-18(13)29-21-22(2,25)20(24)11-16(12-23)28-21/h5-10,16,20-21,23-25H,11-12H2,1-4H3/t16-,20-,21+,22-/m0/s1. The Balaban J connectivity index is 1.89. The number of aryl methyl sites for hydroxylation is 1. The maximum atomic E-state index is 10.6. The van der Waals surface area contributed by atoms with Crippen molar-refractivity contribution in [1.29, 1.82) is 0 Å². The zero-order chi connectivity index (χ0) is 21.2. The van der Waals surface area contributed by atoms with Gasteiger partial charge in [0.1, 0.15) is 22.8 Å². The number of hydrogen-bond donors (Lipinski definition) is 3. The van der Waals surface area contributed by atoms with E-state index in [0.717, 1.165) is 22.4 Å². The molecule has 0 amide bonds. The Morgan fingerprint density at radius 3 is 2.45 bits per heavy atom. The van der Waals surface area contributed by atoms with Crippen molar-refractivity contribution in [3.05, 3.63) is 42.0 Å². The van der Waals surface area contributed by atoms with Crippen molar-refractivity contribution in [2.45, 2.75) is 44.4 Å². The highest BCUT2D eigenvalue weighted by Crippen LogP contribution is 2.37. The SMILES string of the molecule is COc1ccc(OC)c(-c2ccc(O[C@H]3O[C@H](CO)C[C@H](O)[C@]3(C)O)c(C)c2)c1. The first-order valence-corrected chi connectivity index (χ1v) is 9.46. The third kappa shape index (κ3) is 4.33. The Kier molecular flexibility index (Phi) is 6.33. The second-order valence-electron chi connectivity index (χ2n) is 7.41. The summed E-state index contributed by atoms with van der Waals surface area (Å²) in [5.74, 6) is 1.94. The van der Waals surface area contributed by atoms with E-state index in [-0.39, 0.29) is 13.0 Å². The Labute approximate surface area is 170 Å². The van der Waals surface area contributed by atoms with Gasteiger partial charge in [0.15, 0.2) is 0 Å². The minimum atomic E-state index is -1.60. The molecule has 1 fully saturated rings. The van der Waals surface area contributed by atoms with E-state index in [9.17, 15) is 15.3 Å². The zero-order valence-corrected chi connectivity index (χ0v) is 17.1. The molecule has 0 spiro atoms. The summed E-state index contributed by atoms with van der Waals surface area (Å²) in [6, 6.07) is 11.2. The molecule has 29 heavy (non-hydrogen) atoms. The van der Waals surface area contributed by atoms with Crippen molar-refractivity contribution in [2.75, 3.05) is 20.8 Å². The number of rotatable bonds is 6. The highest BCUT2D eigenvalue weighted by molar-refractivity contribution is 5.73. The van der Waals surface area contributed by atoms with Crippen LogP contribution in [0.3, 0.4) is 0 Å². The molecule has 0 unspecified atom stereocenters. The lowest BCUT2D eigenvalue weighted by atomic mass is 9.90. The van der Waals surface area contributed by atoms with Gasteiger partial charge >= 0.3 is 0 Å². The predicted octanol–water partition coefficient (Wildman–Crippen LogP) is 2.28. The van der Waals surface area contributed by atoms with Crippen molar-refractivity contribution in [2.24, 2.45) is 0 Å². The molecule has 0 aliphatic carbocycles. The molecule has 4 atom stereocenters. The Bertz CT molecular complexity index is 849. The smallest absolute Gasteiger partial charge is 0.231 e. The van der Waals surface area contributed by atoms with Crippen LogP contribution in [0.2, 0.25) is 0 Å². The summed E-state index contributed by atoms with van der Waals surface area (Å²) in [7, 11) is 3.22. The quantitative estimate of drug-likeness (QED) is 0.679. The van der Waals surface area contributed by atoms with Crippen molar-refractivity contribution in [3.8, 4) is 28.4 Å². The normalized spacial score (nSPS) is 26.8. The van der Waals surface area contributed by atoms with Crippen LogP contribution in [0.25, 0.3) is 11.1 Å². The van der Waals surface area contributed by atoms with Gasteiger partial charge in [0.25, 0.3) is 0 Å². The van der Waals surface area contributed by atoms with Gasteiger partial charge in [0.2, 0.25) is 6.29 Å². The molecule has 1 aliphatic heterocycles. The molecular formula is C22H28O7. The number of ether oxygens (including phenoxy) is 4. The average Bonchev–Trinajstić information content (AvgIpc) is 2.72. The van der Waals surface area contributed by atoms with Crippen molar-refractivity contribution < 1.29 is 34.3 Å². The molecule has 0 saturated carbocycles. The van der Waals surface area contributed by atoms with Gasteiger partial charge in [-0.05, 0) is 55.3 Å². The fraction of sp³-hybridized carbons (Fsp3) is 0.455. The monoisotopic (exact) mass is 404 g/mol. The van der Waals surface area contributed by atoms with E-state index in [4.69, 9.17) is 18.9 Å². The summed E-state index contributed by atoms with van der Waals surface area (Å²) in [5.41, 5.74) is 0.994. The zero-order valence-electron chi connectivity index (χ0n) is 17.1. The fourth-order valence-electron chi connectivity index (χ4n) is 3.38. The number of aliphatic hydroxyl groups is 3. The summed E-state index contributed by atoms with van der Waals surface area (Å²) in [6.07, 6.45) is -2.65. The molecule has 7 nitrogen and oxygen atoms in total. The molecule has 158 valence electrons. The van der Waals surface area contributed by atoms with Crippen LogP contribution in [0.15, 0.2) is 36.4 Å². The van der Waals surface area contributed by atoms with Gasteiger partial charge in [-0.1, -0.05) is 6.07 Å². The van der Waals surface area contributed by atoms with E-state index in [1.54, 1.807) is 20.3 Å². The van der Waals surface area contributed by atoms with Gasteiger partial charge < -0.3 is 34.3 Å². The first-order chi connectivity index (χ1) is 13.8. The molecule has 0 bridgehead atoms. The van der Waals surface area contributed by atoms with Crippen LogP contribution in [0.4, 0.5) is 0 Å². The highest BCUT2D eigenvalue weighted by atomic mass is 16.7. The summed E-state index contributed by atoms with van der Waals surface area (Å²) < 4.78 is 22.3. The van der Waals surface area contributed by atoms with Crippen LogP contribution in [-0.4, -0.2) is 60.2 Å². The molecule has 3 rings (SSSR count). The topological polar surface area (TPSA) is 97.6 Å². The van der Waals surface area contributed by atoms with Gasteiger partial charge in [0, 0.05) is 12.0 Å². The van der Waals surface area contributed by atoms with E-state index in [1.165, 1.54) is 6.92 Å².